The maximum Gasteiger partial charge on any atom is 0.142 e. The van der Waals surface area contributed by atoms with E-state index in [1.54, 1.807) is 31.0 Å². The zero-order valence-electron chi connectivity index (χ0n) is 15.3. The van der Waals surface area contributed by atoms with Crippen LogP contribution in [0.25, 0.3) is 0 Å². The quantitative estimate of drug-likeness (QED) is 0.374. The number of halogens is 1. The van der Waals surface area contributed by atoms with Crippen LogP contribution >= 0.6 is 23.4 Å². The molecule has 4 nitrogen and oxygen atoms in total. The Balaban J connectivity index is 1.77. The van der Waals surface area contributed by atoms with Crippen LogP contribution in [0.2, 0.25) is 5.02 Å². The molecule has 3 rings (SSSR count). The third-order valence-electron chi connectivity index (χ3n) is 4.19. The number of phenols is 1. The minimum atomic E-state index is 0.0526. The van der Waals surface area contributed by atoms with Gasteiger partial charge in [0.25, 0.3) is 0 Å². The summed E-state index contributed by atoms with van der Waals surface area (Å²) >= 11 is 7.78. The van der Waals surface area contributed by atoms with Gasteiger partial charge in [-0.25, -0.2) is 0 Å². The molecule has 0 aliphatic carbocycles. The zero-order chi connectivity index (χ0) is 19.9. The molecule has 0 aliphatic heterocycles. The molecule has 2 N–H and O–H groups in total. The number of aldehydes is 1. The van der Waals surface area contributed by atoms with Gasteiger partial charge in [0.05, 0.1) is 12.8 Å². The molecule has 0 spiro atoms. The lowest BCUT2D eigenvalue weighted by Gasteiger charge is -2.14. The van der Waals surface area contributed by atoms with Crippen molar-refractivity contribution in [2.45, 2.75) is 22.8 Å². The molecular formula is C22H20ClNO3S. The molecule has 3 aromatic rings. The third kappa shape index (κ3) is 5.00. The average Bonchev–Trinajstić information content (AvgIpc) is 2.71. The Hall–Kier alpha value is -2.63. The number of carbonyl (C=O) groups is 1. The highest BCUT2D eigenvalue weighted by atomic mass is 35.5. The van der Waals surface area contributed by atoms with Gasteiger partial charge in [-0.3, -0.25) is 0 Å². The highest BCUT2D eigenvalue weighted by molar-refractivity contribution is 7.99. The molecular weight excluding hydrogens is 394 g/mol. The second-order valence-corrected chi connectivity index (χ2v) is 7.62. The number of anilines is 1. The van der Waals surface area contributed by atoms with Crippen LogP contribution in [0.15, 0.2) is 70.5 Å². The van der Waals surface area contributed by atoms with Gasteiger partial charge in [0.1, 0.15) is 17.8 Å². The van der Waals surface area contributed by atoms with E-state index in [-0.39, 0.29) is 12.2 Å². The van der Waals surface area contributed by atoms with Crippen molar-refractivity contribution in [1.82, 2.24) is 0 Å². The van der Waals surface area contributed by atoms with Crippen LogP contribution in [-0.4, -0.2) is 18.5 Å². The Morgan fingerprint density at radius 3 is 2.57 bits per heavy atom. The summed E-state index contributed by atoms with van der Waals surface area (Å²) in [7, 11) is 1.65. The summed E-state index contributed by atoms with van der Waals surface area (Å²) in [5.41, 5.74) is 2.10. The predicted molar refractivity (Wildman–Crippen MR) is 114 cm³/mol. The molecule has 0 fully saturated rings. The lowest BCUT2D eigenvalue weighted by Crippen LogP contribution is -2.02. The van der Waals surface area contributed by atoms with Crippen LogP contribution in [0.3, 0.4) is 0 Å². The number of benzene rings is 3. The largest absolute Gasteiger partial charge is 0.505 e. The van der Waals surface area contributed by atoms with Crippen LogP contribution in [0.4, 0.5) is 5.69 Å². The first-order chi connectivity index (χ1) is 13.6. The first-order valence-corrected chi connectivity index (χ1v) is 9.89. The molecule has 3 aromatic carbocycles. The van der Waals surface area contributed by atoms with E-state index >= 15 is 0 Å². The molecule has 0 amide bonds. The number of hydrogen-bond donors (Lipinski definition) is 2. The SMILES string of the molecule is COc1ccc(Sc2ccccc2CNc2cc(Cl)cc(CC=O)c2O)cc1. The van der Waals surface area contributed by atoms with Crippen LogP contribution in [0.1, 0.15) is 11.1 Å². The molecule has 28 heavy (non-hydrogen) atoms. The van der Waals surface area contributed by atoms with Crippen molar-refractivity contribution < 1.29 is 14.6 Å². The van der Waals surface area contributed by atoms with Crippen LogP contribution in [0, 0.1) is 0 Å². The number of aromatic hydroxyl groups is 1. The number of phenolic OH excluding ortho intramolecular Hbond substituents is 1. The normalized spacial score (nSPS) is 10.5. The first kappa shape index (κ1) is 20.1. The molecule has 0 aliphatic rings. The van der Waals surface area contributed by atoms with Gasteiger partial charge in [0, 0.05) is 33.3 Å². The first-order valence-electron chi connectivity index (χ1n) is 8.69. The number of carbonyl (C=O) groups excluding carboxylic acids is 1. The van der Waals surface area contributed by atoms with E-state index in [1.165, 1.54) is 0 Å². The molecule has 0 radical (unpaired) electrons. The standard InChI is InChI=1S/C22H20ClNO3S/c1-27-18-6-8-19(9-7-18)28-21-5-3-2-4-16(21)14-24-20-13-17(23)12-15(10-11-25)22(20)26/h2-9,11-13,24,26H,10,14H2,1H3. The van der Waals surface area contributed by atoms with Gasteiger partial charge < -0.3 is 20.0 Å². The van der Waals surface area contributed by atoms with Gasteiger partial charge in [-0.1, -0.05) is 41.6 Å². The van der Waals surface area contributed by atoms with Gasteiger partial charge in [-0.15, -0.1) is 0 Å². The molecule has 0 unspecified atom stereocenters. The van der Waals surface area contributed by atoms with E-state index < -0.39 is 0 Å². The van der Waals surface area contributed by atoms with Gasteiger partial charge >= 0.3 is 0 Å². The predicted octanol–water partition coefficient (Wildman–Crippen LogP) is 5.56. The second-order valence-electron chi connectivity index (χ2n) is 6.07. The fourth-order valence-corrected chi connectivity index (χ4v) is 3.93. The molecule has 144 valence electrons. The van der Waals surface area contributed by atoms with E-state index in [0.29, 0.717) is 22.8 Å². The minimum Gasteiger partial charge on any atom is -0.505 e. The van der Waals surface area contributed by atoms with Crippen molar-refractivity contribution in [3.05, 3.63) is 76.8 Å². The van der Waals surface area contributed by atoms with Crippen molar-refractivity contribution in [2.75, 3.05) is 12.4 Å². The Bertz CT molecular complexity index is 960. The fraction of sp³-hybridized carbons (Fsp3) is 0.136. The maximum atomic E-state index is 10.8. The highest BCUT2D eigenvalue weighted by Crippen LogP contribution is 2.34. The Morgan fingerprint density at radius 2 is 1.86 bits per heavy atom. The Morgan fingerprint density at radius 1 is 1.11 bits per heavy atom. The van der Waals surface area contributed by atoms with Gasteiger partial charge in [0.2, 0.25) is 0 Å². The summed E-state index contributed by atoms with van der Waals surface area (Å²) in [6.45, 7) is 0.508. The molecule has 0 saturated carbocycles. The van der Waals surface area contributed by atoms with Crippen molar-refractivity contribution >= 4 is 35.3 Å². The number of methoxy groups -OCH3 is 1. The molecule has 0 atom stereocenters. The molecule has 6 heteroatoms. The lowest BCUT2D eigenvalue weighted by atomic mass is 10.1. The smallest absolute Gasteiger partial charge is 0.142 e. The van der Waals surface area contributed by atoms with E-state index in [2.05, 4.69) is 11.4 Å². The molecule has 0 aromatic heterocycles. The van der Waals surface area contributed by atoms with Gasteiger partial charge in [0.15, 0.2) is 0 Å². The maximum absolute atomic E-state index is 10.8. The topological polar surface area (TPSA) is 58.6 Å². The lowest BCUT2D eigenvalue weighted by molar-refractivity contribution is -0.107. The summed E-state index contributed by atoms with van der Waals surface area (Å²) in [6, 6.07) is 19.2. The number of rotatable bonds is 8. The van der Waals surface area contributed by atoms with Crippen molar-refractivity contribution in [1.29, 1.82) is 0 Å². The van der Waals surface area contributed by atoms with Crippen molar-refractivity contribution in [3.8, 4) is 11.5 Å². The molecule has 0 bridgehead atoms. The molecule has 0 heterocycles. The minimum absolute atomic E-state index is 0.0526. The number of hydrogen-bond acceptors (Lipinski definition) is 5. The average molecular weight is 414 g/mol. The second kappa shape index (κ2) is 9.53. The third-order valence-corrected chi connectivity index (χ3v) is 5.53. The summed E-state index contributed by atoms with van der Waals surface area (Å²) in [4.78, 5) is 13.0. The molecule has 0 saturated heterocycles. The number of nitrogens with one attached hydrogen (secondary N) is 1. The van der Waals surface area contributed by atoms with E-state index in [1.807, 2.05) is 42.5 Å². The summed E-state index contributed by atoms with van der Waals surface area (Å²) in [5, 5.41) is 14.1. The van der Waals surface area contributed by atoms with Crippen molar-refractivity contribution in [3.63, 3.8) is 0 Å². The van der Waals surface area contributed by atoms with Gasteiger partial charge in [-0.2, -0.15) is 0 Å². The van der Waals surface area contributed by atoms with E-state index in [9.17, 15) is 9.90 Å². The van der Waals surface area contributed by atoms with Crippen LogP contribution in [0.5, 0.6) is 11.5 Å². The number of ether oxygens (including phenoxy) is 1. The van der Waals surface area contributed by atoms with Crippen LogP contribution < -0.4 is 10.1 Å². The highest BCUT2D eigenvalue weighted by Gasteiger charge is 2.11. The monoisotopic (exact) mass is 413 g/mol. The van der Waals surface area contributed by atoms with E-state index in [4.69, 9.17) is 16.3 Å². The van der Waals surface area contributed by atoms with Crippen molar-refractivity contribution in [2.24, 2.45) is 0 Å². The van der Waals surface area contributed by atoms with E-state index in [0.717, 1.165) is 27.4 Å². The van der Waals surface area contributed by atoms with Crippen LogP contribution in [-0.2, 0) is 17.8 Å². The summed E-state index contributed by atoms with van der Waals surface area (Å²) in [6.07, 6.45) is 0.862. The fourth-order valence-electron chi connectivity index (χ4n) is 2.75. The summed E-state index contributed by atoms with van der Waals surface area (Å²) in [5.74, 6) is 0.874. The zero-order valence-corrected chi connectivity index (χ0v) is 16.9. The Labute approximate surface area is 173 Å². The Kier molecular flexibility index (Phi) is 6.85. The summed E-state index contributed by atoms with van der Waals surface area (Å²) < 4.78 is 5.20. The van der Waals surface area contributed by atoms with Gasteiger partial charge in [-0.05, 0) is 48.0 Å².